The van der Waals surface area contributed by atoms with Gasteiger partial charge in [0.1, 0.15) is 11.6 Å². The van der Waals surface area contributed by atoms with Crippen molar-refractivity contribution in [2.75, 3.05) is 4.72 Å². The minimum absolute atomic E-state index is 0.0396. The maximum atomic E-state index is 12.4. The Morgan fingerprint density at radius 1 is 1.00 bits per heavy atom. The van der Waals surface area contributed by atoms with Crippen molar-refractivity contribution in [2.24, 2.45) is 16.0 Å². The number of nitrogens with two attached hydrogens (primary N) is 1. The van der Waals surface area contributed by atoms with Gasteiger partial charge in [-0.1, -0.05) is 6.07 Å². The van der Waals surface area contributed by atoms with Crippen LogP contribution in [0.5, 0.6) is 5.75 Å². The summed E-state index contributed by atoms with van der Waals surface area (Å²) in [6.07, 6.45) is 1.48. The highest BCUT2D eigenvalue weighted by atomic mass is 32.2. The number of sulfonamides is 1. The molecule has 10 heteroatoms. The fourth-order valence-electron chi connectivity index (χ4n) is 2.21. The molecule has 1 aromatic heterocycles. The molecule has 0 aliphatic carbocycles. The van der Waals surface area contributed by atoms with Gasteiger partial charge >= 0.3 is 0 Å². The number of primary amides is 1. The van der Waals surface area contributed by atoms with Gasteiger partial charge in [0.15, 0.2) is 0 Å². The van der Waals surface area contributed by atoms with E-state index in [4.69, 9.17) is 5.73 Å². The van der Waals surface area contributed by atoms with Gasteiger partial charge in [-0.05, 0) is 54.6 Å². The summed E-state index contributed by atoms with van der Waals surface area (Å²) in [5.74, 6) is -0.824. The van der Waals surface area contributed by atoms with Gasteiger partial charge in [-0.25, -0.2) is 13.4 Å². The minimum atomic E-state index is -3.78. The summed E-state index contributed by atoms with van der Waals surface area (Å²) in [5.41, 5.74) is 5.79. The van der Waals surface area contributed by atoms with E-state index in [0.717, 1.165) is 0 Å². The second-order valence-corrected chi connectivity index (χ2v) is 7.26. The number of azo groups is 1. The van der Waals surface area contributed by atoms with Crippen LogP contribution in [0, 0.1) is 0 Å². The van der Waals surface area contributed by atoms with Crippen molar-refractivity contribution >= 4 is 33.1 Å². The van der Waals surface area contributed by atoms with Crippen molar-refractivity contribution in [1.82, 2.24) is 4.98 Å². The first-order valence-corrected chi connectivity index (χ1v) is 9.42. The number of aromatic hydroxyl groups is 1. The number of nitrogens with zero attached hydrogens (tertiary/aromatic N) is 3. The number of amides is 1. The number of rotatable bonds is 6. The molecule has 0 bridgehead atoms. The molecule has 28 heavy (non-hydrogen) atoms. The Morgan fingerprint density at radius 3 is 2.32 bits per heavy atom. The van der Waals surface area contributed by atoms with Crippen molar-refractivity contribution in [2.45, 2.75) is 4.90 Å². The topological polar surface area (TPSA) is 147 Å². The highest BCUT2D eigenvalue weighted by Gasteiger charge is 2.14. The molecule has 2 aromatic carbocycles. The van der Waals surface area contributed by atoms with Gasteiger partial charge in [-0.3, -0.25) is 9.52 Å². The van der Waals surface area contributed by atoms with Crippen molar-refractivity contribution in [3.8, 4) is 5.75 Å². The quantitative estimate of drug-likeness (QED) is 0.547. The predicted octanol–water partition coefficient (Wildman–Crippen LogP) is 3.10. The van der Waals surface area contributed by atoms with Crippen LogP contribution in [0.25, 0.3) is 0 Å². The largest absolute Gasteiger partial charge is 0.507 e. The number of hydrogen-bond acceptors (Lipinski definition) is 7. The van der Waals surface area contributed by atoms with Crippen LogP contribution in [0.3, 0.4) is 0 Å². The molecule has 1 heterocycles. The van der Waals surface area contributed by atoms with Crippen LogP contribution < -0.4 is 10.5 Å². The van der Waals surface area contributed by atoms with E-state index in [-0.39, 0.29) is 22.0 Å². The summed E-state index contributed by atoms with van der Waals surface area (Å²) < 4.78 is 27.1. The van der Waals surface area contributed by atoms with Gasteiger partial charge in [0.2, 0.25) is 0 Å². The highest BCUT2D eigenvalue weighted by Crippen LogP contribution is 2.25. The van der Waals surface area contributed by atoms with Crippen LogP contribution in [0.1, 0.15) is 10.4 Å². The molecule has 0 aliphatic rings. The van der Waals surface area contributed by atoms with E-state index in [9.17, 15) is 18.3 Å². The van der Waals surface area contributed by atoms with E-state index in [2.05, 4.69) is 19.9 Å². The molecule has 3 aromatic rings. The maximum absolute atomic E-state index is 12.4. The maximum Gasteiger partial charge on any atom is 0.263 e. The van der Waals surface area contributed by atoms with Crippen molar-refractivity contribution in [1.29, 1.82) is 0 Å². The number of hydrogen-bond donors (Lipinski definition) is 3. The molecule has 0 radical (unpaired) electrons. The monoisotopic (exact) mass is 397 g/mol. The average Bonchev–Trinajstić information content (AvgIpc) is 2.68. The smallest absolute Gasteiger partial charge is 0.263 e. The van der Waals surface area contributed by atoms with Crippen LogP contribution >= 0.6 is 0 Å². The first-order valence-electron chi connectivity index (χ1n) is 7.94. The second kappa shape index (κ2) is 7.84. The van der Waals surface area contributed by atoms with E-state index < -0.39 is 15.9 Å². The molecule has 0 saturated carbocycles. The summed E-state index contributed by atoms with van der Waals surface area (Å²) >= 11 is 0. The van der Waals surface area contributed by atoms with Crippen molar-refractivity contribution in [3.05, 3.63) is 72.4 Å². The Bertz CT molecular complexity index is 1130. The van der Waals surface area contributed by atoms with E-state index in [0.29, 0.717) is 11.4 Å². The number of benzene rings is 2. The average molecular weight is 397 g/mol. The molecule has 0 atom stereocenters. The standard InChI is InChI=1S/C18H15N5O4S/c19-18(25)15-11-13(6-9-16(15)24)22-21-12-4-7-14(8-5-12)28(26,27)23-17-3-1-2-10-20-17/h1-11,24H,(H2,19,25)(H,20,23)/b22-21+. The molecular formula is C18H15N5O4S. The highest BCUT2D eigenvalue weighted by molar-refractivity contribution is 7.92. The van der Waals surface area contributed by atoms with Gasteiger partial charge in [-0.2, -0.15) is 10.2 Å². The molecule has 0 aliphatic heterocycles. The lowest BCUT2D eigenvalue weighted by molar-refractivity contribution is 0.0998. The SMILES string of the molecule is NC(=O)c1cc(/N=N/c2ccc(S(=O)(=O)Nc3ccccn3)cc2)ccc1O. The lowest BCUT2D eigenvalue weighted by Gasteiger charge is -2.07. The Labute approximate surface area is 160 Å². The fourth-order valence-corrected chi connectivity index (χ4v) is 3.22. The fraction of sp³-hybridized carbons (Fsp3) is 0. The lowest BCUT2D eigenvalue weighted by Crippen LogP contribution is -2.13. The number of carbonyl (C=O) groups is 1. The van der Waals surface area contributed by atoms with Crippen molar-refractivity contribution in [3.63, 3.8) is 0 Å². The van der Waals surface area contributed by atoms with Crippen LogP contribution in [-0.4, -0.2) is 24.4 Å². The van der Waals surface area contributed by atoms with Gasteiger partial charge < -0.3 is 10.8 Å². The zero-order valence-corrected chi connectivity index (χ0v) is 15.2. The molecule has 0 saturated heterocycles. The number of carbonyl (C=O) groups excluding carboxylic acids is 1. The molecule has 9 nitrogen and oxygen atoms in total. The summed E-state index contributed by atoms with van der Waals surface area (Å²) in [6.45, 7) is 0. The van der Waals surface area contributed by atoms with Gasteiger partial charge in [0, 0.05) is 6.20 Å². The number of pyridine rings is 1. The third-order valence-electron chi connectivity index (χ3n) is 3.58. The molecule has 0 spiro atoms. The molecule has 3 rings (SSSR count). The molecular weight excluding hydrogens is 382 g/mol. The lowest BCUT2D eigenvalue weighted by atomic mass is 10.2. The number of anilines is 1. The zero-order valence-electron chi connectivity index (χ0n) is 14.4. The third-order valence-corrected chi connectivity index (χ3v) is 4.95. The van der Waals surface area contributed by atoms with Crippen LogP contribution in [0.15, 0.2) is 82.0 Å². The molecule has 4 N–H and O–H groups in total. The van der Waals surface area contributed by atoms with E-state index in [1.807, 2.05) is 0 Å². The Morgan fingerprint density at radius 2 is 1.68 bits per heavy atom. The van der Waals surface area contributed by atoms with Crippen LogP contribution in [-0.2, 0) is 10.0 Å². The summed E-state index contributed by atoms with van der Waals surface area (Å²) in [7, 11) is -3.78. The first-order chi connectivity index (χ1) is 13.3. The molecule has 0 fully saturated rings. The van der Waals surface area contributed by atoms with E-state index in [1.165, 1.54) is 54.7 Å². The van der Waals surface area contributed by atoms with Gasteiger partial charge in [-0.15, -0.1) is 0 Å². The predicted molar refractivity (Wildman–Crippen MR) is 102 cm³/mol. The number of nitrogens with one attached hydrogen (secondary N) is 1. The Balaban J connectivity index is 1.77. The third kappa shape index (κ3) is 4.48. The molecule has 1 amide bonds. The number of phenols is 1. The Kier molecular flexibility index (Phi) is 5.32. The molecule has 0 unspecified atom stereocenters. The summed E-state index contributed by atoms with van der Waals surface area (Å²) in [4.78, 5) is 15.2. The van der Waals surface area contributed by atoms with Gasteiger partial charge in [0.05, 0.1) is 21.8 Å². The Hall–Kier alpha value is -3.79. The van der Waals surface area contributed by atoms with E-state index >= 15 is 0 Å². The second-order valence-electron chi connectivity index (χ2n) is 5.58. The van der Waals surface area contributed by atoms with Gasteiger partial charge in [0.25, 0.3) is 15.9 Å². The first kappa shape index (κ1) is 19.0. The van der Waals surface area contributed by atoms with Crippen LogP contribution in [0.2, 0.25) is 0 Å². The molecule has 142 valence electrons. The summed E-state index contributed by atoms with van der Waals surface area (Å²) in [6, 6.07) is 14.6. The minimum Gasteiger partial charge on any atom is -0.507 e. The number of aromatic nitrogens is 1. The van der Waals surface area contributed by atoms with Crippen molar-refractivity contribution < 1.29 is 18.3 Å². The van der Waals surface area contributed by atoms with E-state index in [1.54, 1.807) is 12.1 Å². The zero-order chi connectivity index (χ0) is 20.1. The summed E-state index contributed by atoms with van der Waals surface area (Å²) in [5, 5.41) is 17.5. The van der Waals surface area contributed by atoms with Crippen LogP contribution in [0.4, 0.5) is 17.2 Å². The normalized spacial score (nSPS) is 11.4.